The zero-order valence-corrected chi connectivity index (χ0v) is 13.9. The molecule has 2 aromatic heterocycles. The third-order valence-electron chi connectivity index (χ3n) is 3.31. The lowest BCUT2D eigenvalue weighted by Gasteiger charge is -2.06. The largest absolute Gasteiger partial charge is 0.434 e. The van der Waals surface area contributed by atoms with E-state index in [-0.39, 0.29) is 0 Å². The molecule has 4 rings (SSSR count). The summed E-state index contributed by atoms with van der Waals surface area (Å²) in [6.07, 6.45) is 3.16. The van der Waals surface area contributed by atoms with Crippen LogP contribution in [0.2, 0.25) is 0 Å². The predicted octanol–water partition coefficient (Wildman–Crippen LogP) is 6.61. The van der Waals surface area contributed by atoms with Crippen LogP contribution in [0.4, 0.5) is 0 Å². The van der Waals surface area contributed by atoms with Crippen LogP contribution in [0.1, 0.15) is 0 Å². The van der Waals surface area contributed by atoms with Gasteiger partial charge in [-0.15, -0.1) is 0 Å². The molecule has 0 aliphatic rings. The van der Waals surface area contributed by atoms with Crippen molar-refractivity contribution in [3.8, 4) is 23.4 Å². The molecule has 0 fully saturated rings. The first-order valence-corrected chi connectivity index (χ1v) is 8.47. The standard InChI is InChI=1S/C20H14O4S/c1-3-19(21-13-1)23-15-5-9-17(10-6-15)25-18-11-7-16(8-12-18)24-20-4-2-14-22-20/h1-14H. The average molecular weight is 350 g/mol. The predicted molar refractivity (Wildman–Crippen MR) is 94.6 cm³/mol. The molecule has 0 N–H and O–H groups in total. The molecule has 0 bridgehead atoms. The normalized spacial score (nSPS) is 10.6. The van der Waals surface area contributed by atoms with Gasteiger partial charge in [0.2, 0.25) is 0 Å². The van der Waals surface area contributed by atoms with E-state index in [1.54, 1.807) is 48.6 Å². The Morgan fingerprint density at radius 3 is 1.36 bits per heavy atom. The molecule has 2 heterocycles. The summed E-state index contributed by atoms with van der Waals surface area (Å²) in [5.74, 6) is 2.43. The Labute approximate surface area is 149 Å². The van der Waals surface area contributed by atoms with Crippen LogP contribution >= 0.6 is 11.8 Å². The number of furan rings is 2. The van der Waals surface area contributed by atoms with Crippen molar-refractivity contribution in [2.45, 2.75) is 9.79 Å². The fraction of sp³-hybridized carbons (Fsp3) is 0. The van der Waals surface area contributed by atoms with Gasteiger partial charge in [-0.2, -0.15) is 0 Å². The van der Waals surface area contributed by atoms with Gasteiger partial charge in [0.15, 0.2) is 0 Å². The summed E-state index contributed by atoms with van der Waals surface area (Å²) in [7, 11) is 0. The van der Waals surface area contributed by atoms with Crippen molar-refractivity contribution in [2.24, 2.45) is 0 Å². The van der Waals surface area contributed by atoms with Gasteiger partial charge in [0, 0.05) is 21.9 Å². The summed E-state index contributed by atoms with van der Waals surface area (Å²) in [5.41, 5.74) is 0. The van der Waals surface area contributed by atoms with Gasteiger partial charge in [-0.1, -0.05) is 11.8 Å². The van der Waals surface area contributed by atoms with Gasteiger partial charge in [0.25, 0.3) is 11.9 Å². The maximum atomic E-state index is 5.59. The fourth-order valence-corrected chi connectivity index (χ4v) is 2.98. The van der Waals surface area contributed by atoms with Gasteiger partial charge in [-0.05, 0) is 60.7 Å². The second kappa shape index (κ2) is 7.23. The van der Waals surface area contributed by atoms with Crippen molar-refractivity contribution in [3.05, 3.63) is 85.3 Å². The van der Waals surface area contributed by atoms with Crippen molar-refractivity contribution in [2.75, 3.05) is 0 Å². The molecule has 4 aromatic rings. The molecule has 0 radical (unpaired) electrons. The van der Waals surface area contributed by atoms with Gasteiger partial charge in [0.05, 0.1) is 12.5 Å². The molecule has 0 amide bonds. The molecule has 4 nitrogen and oxygen atoms in total. The number of rotatable bonds is 6. The van der Waals surface area contributed by atoms with Crippen molar-refractivity contribution >= 4 is 11.8 Å². The molecule has 0 atom stereocenters. The molecule has 124 valence electrons. The summed E-state index contributed by atoms with van der Waals surface area (Å²) in [6, 6.07) is 22.8. The highest BCUT2D eigenvalue weighted by Crippen LogP contribution is 2.32. The molecule has 0 aliphatic carbocycles. The SMILES string of the molecule is c1coc(Oc2ccc(Sc3ccc(Oc4ccco4)cc3)cc2)c1. The van der Waals surface area contributed by atoms with E-state index in [1.807, 2.05) is 48.5 Å². The Balaban J connectivity index is 1.38. The summed E-state index contributed by atoms with van der Waals surface area (Å²) in [5, 5.41) is 0. The summed E-state index contributed by atoms with van der Waals surface area (Å²) < 4.78 is 21.5. The minimum atomic E-state index is 0.479. The molecule has 25 heavy (non-hydrogen) atoms. The van der Waals surface area contributed by atoms with E-state index in [2.05, 4.69) is 0 Å². The Morgan fingerprint density at radius 1 is 0.560 bits per heavy atom. The molecule has 2 aromatic carbocycles. The van der Waals surface area contributed by atoms with Crippen molar-refractivity contribution in [1.82, 2.24) is 0 Å². The Hall–Kier alpha value is -3.05. The minimum absolute atomic E-state index is 0.479. The number of hydrogen-bond acceptors (Lipinski definition) is 5. The van der Waals surface area contributed by atoms with E-state index in [0.717, 1.165) is 21.3 Å². The lowest BCUT2D eigenvalue weighted by atomic mass is 10.3. The number of ether oxygens (including phenoxy) is 2. The number of hydrogen-bond donors (Lipinski definition) is 0. The van der Waals surface area contributed by atoms with Gasteiger partial charge in [-0.25, -0.2) is 0 Å². The summed E-state index contributed by atoms with van der Waals surface area (Å²) >= 11 is 1.66. The van der Waals surface area contributed by atoms with Crippen LogP contribution < -0.4 is 9.47 Å². The quantitative estimate of drug-likeness (QED) is 0.391. The Morgan fingerprint density at radius 2 is 1.00 bits per heavy atom. The monoisotopic (exact) mass is 350 g/mol. The highest BCUT2D eigenvalue weighted by molar-refractivity contribution is 7.99. The van der Waals surface area contributed by atoms with E-state index in [4.69, 9.17) is 18.3 Å². The average Bonchev–Trinajstić information content (AvgIpc) is 3.33. The van der Waals surface area contributed by atoms with Crippen LogP contribution in [-0.2, 0) is 0 Å². The minimum Gasteiger partial charge on any atom is -0.434 e. The maximum absolute atomic E-state index is 5.59. The first kappa shape index (κ1) is 15.5. The van der Waals surface area contributed by atoms with E-state index in [0.29, 0.717) is 11.9 Å². The molecule has 5 heteroatoms. The second-order valence-corrected chi connectivity index (χ2v) is 6.26. The smallest absolute Gasteiger partial charge is 0.289 e. The lowest BCUT2D eigenvalue weighted by molar-refractivity contribution is 0.346. The fourth-order valence-electron chi connectivity index (χ4n) is 2.16. The maximum Gasteiger partial charge on any atom is 0.289 e. The molecule has 0 unspecified atom stereocenters. The van der Waals surface area contributed by atoms with Crippen LogP contribution in [0.3, 0.4) is 0 Å². The molecular formula is C20H14O4S. The lowest BCUT2D eigenvalue weighted by Crippen LogP contribution is -1.82. The van der Waals surface area contributed by atoms with Crippen molar-refractivity contribution < 1.29 is 18.3 Å². The zero-order valence-electron chi connectivity index (χ0n) is 13.1. The molecule has 0 spiro atoms. The Kier molecular flexibility index (Phi) is 4.48. The number of benzene rings is 2. The van der Waals surface area contributed by atoms with E-state index >= 15 is 0 Å². The first-order valence-electron chi connectivity index (χ1n) is 7.66. The third kappa shape index (κ3) is 4.08. The highest BCUT2D eigenvalue weighted by atomic mass is 32.2. The molecule has 0 saturated carbocycles. The first-order chi connectivity index (χ1) is 12.3. The zero-order chi connectivity index (χ0) is 16.9. The second-order valence-electron chi connectivity index (χ2n) is 5.11. The van der Waals surface area contributed by atoms with Crippen LogP contribution in [0.25, 0.3) is 0 Å². The molecule has 0 aliphatic heterocycles. The van der Waals surface area contributed by atoms with Crippen LogP contribution in [-0.4, -0.2) is 0 Å². The Bertz CT molecular complexity index is 818. The topological polar surface area (TPSA) is 44.7 Å². The van der Waals surface area contributed by atoms with Gasteiger partial charge in [-0.3, -0.25) is 0 Å². The van der Waals surface area contributed by atoms with Crippen LogP contribution in [0.5, 0.6) is 23.4 Å². The molecule has 0 saturated heterocycles. The van der Waals surface area contributed by atoms with Crippen LogP contribution in [0, 0.1) is 0 Å². The van der Waals surface area contributed by atoms with E-state index < -0.39 is 0 Å². The van der Waals surface area contributed by atoms with Crippen LogP contribution in [0.15, 0.2) is 104 Å². The van der Waals surface area contributed by atoms with Crippen molar-refractivity contribution in [3.63, 3.8) is 0 Å². The van der Waals surface area contributed by atoms with Gasteiger partial charge < -0.3 is 18.3 Å². The van der Waals surface area contributed by atoms with E-state index in [9.17, 15) is 0 Å². The third-order valence-corrected chi connectivity index (χ3v) is 4.33. The van der Waals surface area contributed by atoms with E-state index in [1.165, 1.54) is 0 Å². The van der Waals surface area contributed by atoms with Gasteiger partial charge >= 0.3 is 0 Å². The van der Waals surface area contributed by atoms with Crippen molar-refractivity contribution in [1.29, 1.82) is 0 Å². The molecular weight excluding hydrogens is 336 g/mol. The van der Waals surface area contributed by atoms with Gasteiger partial charge in [0.1, 0.15) is 11.5 Å². The highest BCUT2D eigenvalue weighted by Gasteiger charge is 2.03. The summed E-state index contributed by atoms with van der Waals surface area (Å²) in [4.78, 5) is 2.23. The summed E-state index contributed by atoms with van der Waals surface area (Å²) in [6.45, 7) is 0.